The van der Waals surface area contributed by atoms with Crippen molar-refractivity contribution >= 4 is 11.8 Å². The first-order valence-electron chi connectivity index (χ1n) is 6.06. The maximum Gasteiger partial charge on any atom is 0.226 e. The van der Waals surface area contributed by atoms with Gasteiger partial charge in [-0.1, -0.05) is 19.8 Å². The molecule has 16 heavy (non-hydrogen) atoms. The molecule has 1 atom stereocenters. The van der Waals surface area contributed by atoms with E-state index in [9.17, 15) is 9.59 Å². The van der Waals surface area contributed by atoms with Crippen molar-refractivity contribution in [3.05, 3.63) is 0 Å². The summed E-state index contributed by atoms with van der Waals surface area (Å²) in [5.74, 6) is 0.264. The Balaban J connectivity index is 1.90. The zero-order valence-electron chi connectivity index (χ0n) is 10.1. The average molecular weight is 224 g/mol. The third kappa shape index (κ3) is 2.06. The predicted octanol–water partition coefficient (Wildman–Crippen LogP) is 0.914. The molecule has 0 aromatic heterocycles. The zero-order chi connectivity index (χ0) is 11.8. The summed E-state index contributed by atoms with van der Waals surface area (Å²) in [5.41, 5.74) is -0.190. The molecule has 1 aliphatic heterocycles. The third-order valence-electron chi connectivity index (χ3n) is 3.93. The number of likely N-dealkylation sites (N-methyl/N-ethyl adjacent to an activating group) is 1. The molecule has 4 nitrogen and oxygen atoms in total. The second-order valence-corrected chi connectivity index (χ2v) is 5.42. The Morgan fingerprint density at radius 3 is 2.56 bits per heavy atom. The van der Waals surface area contributed by atoms with Crippen molar-refractivity contribution in [2.75, 3.05) is 13.6 Å². The summed E-state index contributed by atoms with van der Waals surface area (Å²) < 4.78 is 0. The smallest absolute Gasteiger partial charge is 0.226 e. The highest BCUT2D eigenvalue weighted by Gasteiger charge is 2.38. The monoisotopic (exact) mass is 224 g/mol. The van der Waals surface area contributed by atoms with Gasteiger partial charge < -0.3 is 10.2 Å². The van der Waals surface area contributed by atoms with E-state index in [0.717, 1.165) is 25.7 Å². The van der Waals surface area contributed by atoms with Gasteiger partial charge in [-0.2, -0.15) is 0 Å². The Kier molecular flexibility index (Phi) is 2.91. The number of rotatable bonds is 2. The minimum atomic E-state index is -0.190. The lowest BCUT2D eigenvalue weighted by atomic mass is 9.87. The molecule has 2 amide bonds. The van der Waals surface area contributed by atoms with Crippen molar-refractivity contribution in [1.82, 2.24) is 10.2 Å². The first-order chi connectivity index (χ1) is 7.51. The Hall–Kier alpha value is -1.06. The van der Waals surface area contributed by atoms with Gasteiger partial charge in [0.2, 0.25) is 11.8 Å². The van der Waals surface area contributed by atoms with E-state index in [2.05, 4.69) is 5.32 Å². The van der Waals surface area contributed by atoms with Crippen LogP contribution in [-0.4, -0.2) is 36.3 Å². The van der Waals surface area contributed by atoms with E-state index in [1.165, 1.54) is 0 Å². The Morgan fingerprint density at radius 1 is 1.44 bits per heavy atom. The fourth-order valence-corrected chi connectivity index (χ4v) is 2.70. The maximum atomic E-state index is 12.1. The largest absolute Gasteiger partial charge is 0.351 e. The Morgan fingerprint density at radius 2 is 2.06 bits per heavy atom. The minimum absolute atomic E-state index is 0.0161. The lowest BCUT2D eigenvalue weighted by Crippen LogP contribution is -2.44. The molecule has 0 spiro atoms. The van der Waals surface area contributed by atoms with E-state index in [1.807, 2.05) is 6.92 Å². The summed E-state index contributed by atoms with van der Waals surface area (Å²) in [6.45, 7) is 2.69. The van der Waals surface area contributed by atoms with Crippen molar-refractivity contribution in [3.8, 4) is 0 Å². The SMILES string of the molecule is CN1C[C@@H](NC(=O)C2(C)CCCC2)CC1=O. The van der Waals surface area contributed by atoms with E-state index in [4.69, 9.17) is 0 Å². The maximum absolute atomic E-state index is 12.1. The summed E-state index contributed by atoms with van der Waals surface area (Å²) in [4.78, 5) is 25.1. The Bertz CT molecular complexity index is 308. The first kappa shape index (κ1) is 11.4. The van der Waals surface area contributed by atoms with Gasteiger partial charge in [0.1, 0.15) is 0 Å². The zero-order valence-corrected chi connectivity index (χ0v) is 10.1. The highest BCUT2D eigenvalue weighted by atomic mass is 16.2. The summed E-state index contributed by atoms with van der Waals surface area (Å²) in [7, 11) is 1.78. The number of carbonyl (C=O) groups is 2. The number of amides is 2. The van der Waals surface area contributed by atoms with Crippen LogP contribution < -0.4 is 5.32 Å². The van der Waals surface area contributed by atoms with E-state index in [-0.39, 0.29) is 23.3 Å². The molecular weight excluding hydrogens is 204 g/mol. The van der Waals surface area contributed by atoms with Crippen LogP contribution in [0.2, 0.25) is 0 Å². The molecule has 0 aromatic carbocycles. The summed E-state index contributed by atoms with van der Waals surface area (Å²) in [5, 5.41) is 3.02. The van der Waals surface area contributed by atoms with E-state index >= 15 is 0 Å². The molecule has 1 saturated heterocycles. The molecule has 4 heteroatoms. The number of nitrogens with one attached hydrogen (secondary N) is 1. The van der Waals surface area contributed by atoms with Crippen LogP contribution in [0.5, 0.6) is 0 Å². The molecule has 0 bridgehead atoms. The van der Waals surface area contributed by atoms with Crippen LogP contribution in [0.1, 0.15) is 39.0 Å². The minimum Gasteiger partial charge on any atom is -0.351 e. The number of nitrogens with zero attached hydrogens (tertiary/aromatic N) is 1. The van der Waals surface area contributed by atoms with Gasteiger partial charge in [0.25, 0.3) is 0 Å². The van der Waals surface area contributed by atoms with Gasteiger partial charge in [-0.3, -0.25) is 9.59 Å². The molecule has 90 valence electrons. The van der Waals surface area contributed by atoms with E-state index in [1.54, 1.807) is 11.9 Å². The molecular formula is C12H20N2O2. The molecule has 2 fully saturated rings. The average Bonchev–Trinajstić information content (AvgIpc) is 2.76. The highest BCUT2D eigenvalue weighted by Crippen LogP contribution is 2.37. The van der Waals surface area contributed by atoms with Gasteiger partial charge in [0, 0.05) is 25.4 Å². The molecule has 2 rings (SSSR count). The van der Waals surface area contributed by atoms with Crippen molar-refractivity contribution in [2.24, 2.45) is 5.41 Å². The normalized spacial score (nSPS) is 28.5. The van der Waals surface area contributed by atoms with Crippen LogP contribution >= 0.6 is 0 Å². The van der Waals surface area contributed by atoms with Gasteiger partial charge in [0.15, 0.2) is 0 Å². The van der Waals surface area contributed by atoms with Gasteiger partial charge in [-0.25, -0.2) is 0 Å². The van der Waals surface area contributed by atoms with Crippen LogP contribution in [0.3, 0.4) is 0 Å². The van der Waals surface area contributed by atoms with Gasteiger partial charge in [0.05, 0.1) is 6.04 Å². The molecule has 1 saturated carbocycles. The van der Waals surface area contributed by atoms with E-state index < -0.39 is 0 Å². The molecule has 0 aromatic rings. The predicted molar refractivity (Wildman–Crippen MR) is 60.8 cm³/mol. The molecule has 1 aliphatic carbocycles. The highest BCUT2D eigenvalue weighted by molar-refractivity contribution is 5.85. The Labute approximate surface area is 96.4 Å². The second kappa shape index (κ2) is 4.07. The number of likely N-dealkylation sites (tertiary alicyclic amines) is 1. The lowest BCUT2D eigenvalue weighted by Gasteiger charge is -2.24. The van der Waals surface area contributed by atoms with Crippen molar-refractivity contribution < 1.29 is 9.59 Å². The van der Waals surface area contributed by atoms with Crippen LogP contribution in [0.4, 0.5) is 0 Å². The fourth-order valence-electron chi connectivity index (χ4n) is 2.70. The fraction of sp³-hybridized carbons (Fsp3) is 0.833. The van der Waals surface area contributed by atoms with E-state index in [0.29, 0.717) is 13.0 Å². The third-order valence-corrected chi connectivity index (χ3v) is 3.93. The lowest BCUT2D eigenvalue weighted by molar-refractivity contribution is -0.130. The van der Waals surface area contributed by atoms with Crippen molar-refractivity contribution in [3.63, 3.8) is 0 Å². The summed E-state index contributed by atoms with van der Waals surface area (Å²) in [6, 6.07) is 0.0161. The topological polar surface area (TPSA) is 49.4 Å². The van der Waals surface area contributed by atoms with Crippen molar-refractivity contribution in [1.29, 1.82) is 0 Å². The number of hydrogen-bond acceptors (Lipinski definition) is 2. The number of hydrogen-bond donors (Lipinski definition) is 1. The first-order valence-corrected chi connectivity index (χ1v) is 6.06. The second-order valence-electron chi connectivity index (χ2n) is 5.42. The molecule has 1 N–H and O–H groups in total. The standard InChI is InChI=1S/C12H20N2O2/c1-12(5-3-4-6-12)11(16)13-9-7-10(15)14(2)8-9/h9H,3-8H2,1-2H3,(H,13,16)/t9-/m0/s1. The number of carbonyl (C=O) groups excluding carboxylic acids is 2. The molecule has 0 radical (unpaired) electrons. The van der Waals surface area contributed by atoms with Gasteiger partial charge >= 0.3 is 0 Å². The molecule has 0 unspecified atom stereocenters. The summed E-state index contributed by atoms with van der Waals surface area (Å²) in [6.07, 6.45) is 4.71. The van der Waals surface area contributed by atoms with Crippen molar-refractivity contribution in [2.45, 2.75) is 45.1 Å². The van der Waals surface area contributed by atoms with Crippen LogP contribution in [0.15, 0.2) is 0 Å². The van der Waals surface area contributed by atoms with Crippen LogP contribution in [-0.2, 0) is 9.59 Å². The van der Waals surface area contributed by atoms with Gasteiger partial charge in [-0.05, 0) is 12.8 Å². The summed E-state index contributed by atoms with van der Waals surface area (Å²) >= 11 is 0. The molecule has 2 aliphatic rings. The quantitative estimate of drug-likeness (QED) is 0.758. The van der Waals surface area contributed by atoms with Gasteiger partial charge in [-0.15, -0.1) is 0 Å². The van der Waals surface area contributed by atoms with Crippen LogP contribution in [0, 0.1) is 5.41 Å². The molecule has 1 heterocycles. The van der Waals surface area contributed by atoms with Crippen LogP contribution in [0.25, 0.3) is 0 Å².